The summed E-state index contributed by atoms with van der Waals surface area (Å²) in [5, 5.41) is 0. The Hall–Kier alpha value is -1.62. The third kappa shape index (κ3) is 1.63. The van der Waals surface area contributed by atoms with Crippen LogP contribution >= 0.6 is 0 Å². The van der Waals surface area contributed by atoms with Gasteiger partial charge in [-0.2, -0.15) is 0 Å². The maximum absolute atomic E-state index is 13.5. The van der Waals surface area contributed by atoms with E-state index in [-0.39, 0.29) is 24.4 Å². The van der Waals surface area contributed by atoms with Gasteiger partial charge >= 0.3 is 6.09 Å². The quantitative estimate of drug-likeness (QED) is 0.828. The van der Waals surface area contributed by atoms with E-state index in [1.807, 2.05) is 0 Å². The predicted octanol–water partition coefficient (Wildman–Crippen LogP) is 1.50. The van der Waals surface area contributed by atoms with E-state index in [9.17, 15) is 9.18 Å². The molecule has 2 unspecified atom stereocenters. The molecule has 0 radical (unpaired) electrons. The fraction of sp³-hybridized carbons (Fsp3) is 0.364. The van der Waals surface area contributed by atoms with Crippen LogP contribution in [0.3, 0.4) is 0 Å². The zero-order chi connectivity index (χ0) is 11.7. The van der Waals surface area contributed by atoms with Crippen LogP contribution < -0.4 is 10.6 Å². The molecule has 2 N–H and O–H groups in total. The molecule has 1 aromatic carbocycles. The Morgan fingerprint density at radius 3 is 2.75 bits per heavy atom. The highest BCUT2D eigenvalue weighted by atomic mass is 19.1. The van der Waals surface area contributed by atoms with Crippen LogP contribution in [0, 0.1) is 5.82 Å². The molecule has 86 valence electrons. The van der Waals surface area contributed by atoms with Gasteiger partial charge in [-0.1, -0.05) is 12.1 Å². The maximum Gasteiger partial charge on any atom is 0.415 e. The summed E-state index contributed by atoms with van der Waals surface area (Å²) in [6, 6.07) is 5.85. The van der Waals surface area contributed by atoms with Crippen LogP contribution in [0.2, 0.25) is 0 Å². The first kappa shape index (κ1) is 10.9. The van der Waals surface area contributed by atoms with Gasteiger partial charge in [-0.15, -0.1) is 0 Å². The summed E-state index contributed by atoms with van der Waals surface area (Å²) in [6.45, 7) is 2.02. The number of halogens is 1. The number of carbonyl (C=O) groups is 1. The van der Waals surface area contributed by atoms with Crippen molar-refractivity contribution >= 4 is 11.8 Å². The van der Waals surface area contributed by atoms with E-state index < -0.39 is 11.9 Å². The second-order valence-electron chi connectivity index (χ2n) is 3.72. The van der Waals surface area contributed by atoms with Crippen LogP contribution in [0.15, 0.2) is 24.3 Å². The molecule has 1 aromatic rings. The summed E-state index contributed by atoms with van der Waals surface area (Å²) in [6.07, 6.45) is -0.930. The predicted molar refractivity (Wildman–Crippen MR) is 57.7 cm³/mol. The summed E-state index contributed by atoms with van der Waals surface area (Å²) in [4.78, 5) is 12.9. The number of nitrogens with zero attached hydrogens (tertiary/aromatic N) is 1. The van der Waals surface area contributed by atoms with E-state index in [4.69, 9.17) is 10.5 Å². The molecular weight excluding hydrogens is 211 g/mol. The molecule has 0 aliphatic carbocycles. The lowest BCUT2D eigenvalue weighted by Crippen LogP contribution is -2.37. The van der Waals surface area contributed by atoms with Crippen molar-refractivity contribution in [3.05, 3.63) is 30.1 Å². The van der Waals surface area contributed by atoms with Crippen molar-refractivity contribution in [3.8, 4) is 0 Å². The smallest absolute Gasteiger partial charge is 0.415 e. The normalized spacial score (nSPS) is 24.7. The highest BCUT2D eigenvalue weighted by molar-refractivity contribution is 5.90. The number of amides is 1. The number of rotatable bonds is 2. The first-order valence-corrected chi connectivity index (χ1v) is 5.09. The third-order valence-corrected chi connectivity index (χ3v) is 2.74. The molecule has 1 saturated heterocycles. The van der Waals surface area contributed by atoms with Crippen molar-refractivity contribution in [2.75, 3.05) is 11.4 Å². The Balaban J connectivity index is 2.35. The van der Waals surface area contributed by atoms with E-state index >= 15 is 0 Å². The SMILES string of the molecule is CC1C(CN)OC(=O)N1c1ccccc1F. The van der Waals surface area contributed by atoms with Crippen LogP contribution in [-0.2, 0) is 4.74 Å². The topological polar surface area (TPSA) is 55.6 Å². The second kappa shape index (κ2) is 4.09. The summed E-state index contributed by atoms with van der Waals surface area (Å²) in [7, 11) is 0. The van der Waals surface area contributed by atoms with Crippen LogP contribution in [0.1, 0.15) is 6.92 Å². The van der Waals surface area contributed by atoms with E-state index in [0.29, 0.717) is 0 Å². The Morgan fingerprint density at radius 1 is 1.50 bits per heavy atom. The number of nitrogens with two attached hydrogens (primary N) is 1. The molecule has 5 heteroatoms. The molecule has 4 nitrogen and oxygen atoms in total. The standard InChI is InChI=1S/C11H13FN2O2/c1-7-10(6-13)16-11(15)14(7)9-5-3-2-4-8(9)12/h2-5,7,10H,6,13H2,1H3. The van der Waals surface area contributed by atoms with Crippen molar-refractivity contribution in [1.29, 1.82) is 0 Å². The molecule has 1 fully saturated rings. The van der Waals surface area contributed by atoms with E-state index in [1.165, 1.54) is 11.0 Å². The molecule has 16 heavy (non-hydrogen) atoms. The van der Waals surface area contributed by atoms with Gasteiger partial charge in [-0.05, 0) is 19.1 Å². The molecule has 0 saturated carbocycles. The molecule has 0 spiro atoms. The molecule has 1 amide bonds. The third-order valence-electron chi connectivity index (χ3n) is 2.74. The van der Waals surface area contributed by atoms with E-state index in [2.05, 4.69) is 0 Å². The number of hydrogen-bond donors (Lipinski definition) is 1. The Bertz CT molecular complexity index is 411. The van der Waals surface area contributed by atoms with Crippen molar-refractivity contribution in [3.63, 3.8) is 0 Å². The zero-order valence-corrected chi connectivity index (χ0v) is 8.89. The molecule has 1 aliphatic heterocycles. The fourth-order valence-electron chi connectivity index (χ4n) is 1.83. The lowest BCUT2D eigenvalue weighted by Gasteiger charge is -2.20. The Labute approximate surface area is 92.8 Å². The summed E-state index contributed by atoms with van der Waals surface area (Å²) >= 11 is 0. The zero-order valence-electron chi connectivity index (χ0n) is 8.89. The van der Waals surface area contributed by atoms with Gasteiger partial charge in [0.2, 0.25) is 0 Å². The number of benzene rings is 1. The van der Waals surface area contributed by atoms with Gasteiger partial charge in [0.15, 0.2) is 0 Å². The highest BCUT2D eigenvalue weighted by Gasteiger charge is 2.39. The minimum atomic E-state index is -0.548. The van der Waals surface area contributed by atoms with Crippen LogP contribution in [0.25, 0.3) is 0 Å². The molecule has 1 aliphatic rings. The number of carbonyl (C=O) groups excluding carboxylic acids is 1. The maximum atomic E-state index is 13.5. The van der Waals surface area contributed by atoms with Gasteiger partial charge in [-0.25, -0.2) is 9.18 Å². The summed E-state index contributed by atoms with van der Waals surface area (Å²) in [5.74, 6) is -0.441. The number of cyclic esters (lactones) is 1. The monoisotopic (exact) mass is 224 g/mol. The van der Waals surface area contributed by atoms with Gasteiger partial charge in [-0.3, -0.25) is 4.90 Å². The average Bonchev–Trinajstić information content (AvgIpc) is 2.55. The summed E-state index contributed by atoms with van der Waals surface area (Å²) < 4.78 is 18.6. The first-order chi connectivity index (χ1) is 7.65. The van der Waals surface area contributed by atoms with Gasteiger partial charge in [0.05, 0.1) is 11.7 Å². The number of para-hydroxylation sites is 1. The highest BCUT2D eigenvalue weighted by Crippen LogP contribution is 2.28. The van der Waals surface area contributed by atoms with Gasteiger partial charge < -0.3 is 10.5 Å². The van der Waals surface area contributed by atoms with Gasteiger partial charge in [0, 0.05) is 6.54 Å². The molecule has 0 bridgehead atoms. The Kier molecular flexibility index (Phi) is 2.78. The Morgan fingerprint density at radius 2 is 2.19 bits per heavy atom. The first-order valence-electron chi connectivity index (χ1n) is 5.09. The fourth-order valence-corrected chi connectivity index (χ4v) is 1.83. The van der Waals surface area contributed by atoms with Crippen LogP contribution in [0.4, 0.5) is 14.9 Å². The van der Waals surface area contributed by atoms with E-state index in [0.717, 1.165) is 0 Å². The molecule has 1 heterocycles. The molecular formula is C11H13FN2O2. The summed E-state index contributed by atoms with van der Waals surface area (Å²) in [5.41, 5.74) is 5.70. The molecule has 2 rings (SSSR count). The van der Waals surface area contributed by atoms with Gasteiger partial charge in [0.25, 0.3) is 0 Å². The van der Waals surface area contributed by atoms with Crippen molar-refractivity contribution in [2.45, 2.75) is 19.1 Å². The van der Waals surface area contributed by atoms with Crippen LogP contribution in [0.5, 0.6) is 0 Å². The lowest BCUT2D eigenvalue weighted by atomic mass is 10.1. The minimum absolute atomic E-state index is 0.232. The second-order valence-corrected chi connectivity index (χ2v) is 3.72. The lowest BCUT2D eigenvalue weighted by molar-refractivity contribution is 0.137. The van der Waals surface area contributed by atoms with E-state index in [1.54, 1.807) is 25.1 Å². The van der Waals surface area contributed by atoms with Crippen molar-refractivity contribution in [2.24, 2.45) is 5.73 Å². The largest absolute Gasteiger partial charge is 0.442 e. The van der Waals surface area contributed by atoms with Crippen LogP contribution in [-0.4, -0.2) is 24.8 Å². The minimum Gasteiger partial charge on any atom is -0.442 e. The molecule has 2 atom stereocenters. The average molecular weight is 224 g/mol. The number of ether oxygens (including phenoxy) is 1. The van der Waals surface area contributed by atoms with Crippen molar-refractivity contribution in [1.82, 2.24) is 0 Å². The number of hydrogen-bond acceptors (Lipinski definition) is 3. The number of anilines is 1. The van der Waals surface area contributed by atoms with Crippen molar-refractivity contribution < 1.29 is 13.9 Å². The van der Waals surface area contributed by atoms with Gasteiger partial charge in [0.1, 0.15) is 11.9 Å². The molecule has 0 aromatic heterocycles.